The molecule has 1 aromatic heterocycles. The van der Waals surface area contributed by atoms with E-state index in [1.54, 1.807) is 6.20 Å². The van der Waals surface area contributed by atoms with Crippen molar-refractivity contribution in [2.75, 3.05) is 6.54 Å². The molecule has 0 unspecified atom stereocenters. The monoisotopic (exact) mass is 254 g/mol. The highest BCUT2D eigenvalue weighted by atomic mass is 35.5. The van der Waals surface area contributed by atoms with Crippen molar-refractivity contribution < 1.29 is 4.39 Å². The van der Waals surface area contributed by atoms with Gasteiger partial charge in [-0.25, -0.2) is 9.07 Å². The van der Waals surface area contributed by atoms with Crippen LogP contribution in [0.3, 0.4) is 0 Å². The van der Waals surface area contributed by atoms with Crippen molar-refractivity contribution in [2.24, 2.45) is 0 Å². The summed E-state index contributed by atoms with van der Waals surface area (Å²) in [5.74, 6) is -0.352. The molecule has 90 valence electrons. The quantitative estimate of drug-likeness (QED) is 0.909. The van der Waals surface area contributed by atoms with Gasteiger partial charge in [0, 0.05) is 12.6 Å². The molecule has 0 aliphatic carbocycles. The Bertz CT molecular complexity index is 512. The predicted octanol–water partition coefficient (Wildman–Crippen LogP) is 2.17. The van der Waals surface area contributed by atoms with E-state index >= 15 is 0 Å². The Morgan fingerprint density at radius 2 is 2.29 bits per heavy atom. The third-order valence-corrected chi connectivity index (χ3v) is 2.63. The number of aromatic nitrogens is 3. The van der Waals surface area contributed by atoms with Crippen LogP contribution in [0.25, 0.3) is 5.69 Å². The third kappa shape index (κ3) is 2.62. The van der Waals surface area contributed by atoms with Gasteiger partial charge in [-0.15, -0.1) is 5.10 Å². The summed E-state index contributed by atoms with van der Waals surface area (Å²) in [6.07, 6.45) is 1.63. The first-order valence-corrected chi connectivity index (χ1v) is 5.66. The van der Waals surface area contributed by atoms with Crippen LogP contribution in [0.1, 0.15) is 12.6 Å². The number of hydrogen-bond donors (Lipinski definition) is 1. The summed E-state index contributed by atoms with van der Waals surface area (Å²) in [7, 11) is 0. The number of rotatable bonds is 4. The van der Waals surface area contributed by atoms with Gasteiger partial charge in [-0.05, 0) is 18.7 Å². The average Bonchev–Trinajstić information content (AvgIpc) is 2.77. The topological polar surface area (TPSA) is 42.7 Å². The van der Waals surface area contributed by atoms with E-state index in [0.717, 1.165) is 12.2 Å². The van der Waals surface area contributed by atoms with E-state index in [1.807, 2.05) is 6.92 Å². The first kappa shape index (κ1) is 12.0. The number of nitrogens with one attached hydrogen (secondary N) is 1. The van der Waals surface area contributed by atoms with E-state index in [0.29, 0.717) is 17.3 Å². The molecular weight excluding hydrogens is 243 g/mol. The van der Waals surface area contributed by atoms with Crippen molar-refractivity contribution in [3.05, 3.63) is 40.9 Å². The highest BCUT2D eigenvalue weighted by molar-refractivity contribution is 6.32. The zero-order valence-electron chi connectivity index (χ0n) is 9.32. The molecule has 17 heavy (non-hydrogen) atoms. The van der Waals surface area contributed by atoms with Crippen molar-refractivity contribution in [1.29, 1.82) is 0 Å². The number of hydrogen-bond acceptors (Lipinski definition) is 3. The first-order chi connectivity index (χ1) is 8.22. The van der Waals surface area contributed by atoms with E-state index in [2.05, 4.69) is 15.6 Å². The van der Waals surface area contributed by atoms with E-state index < -0.39 is 0 Å². The van der Waals surface area contributed by atoms with Crippen molar-refractivity contribution in [3.8, 4) is 5.69 Å². The smallest absolute Gasteiger partial charge is 0.125 e. The average molecular weight is 255 g/mol. The minimum absolute atomic E-state index is 0.352. The van der Waals surface area contributed by atoms with E-state index in [1.165, 1.54) is 22.9 Å². The third-order valence-electron chi connectivity index (χ3n) is 2.31. The molecular formula is C11H12ClFN4. The molecule has 1 N–H and O–H groups in total. The summed E-state index contributed by atoms with van der Waals surface area (Å²) in [6, 6.07) is 4.16. The fraction of sp³-hybridized carbons (Fsp3) is 0.273. The van der Waals surface area contributed by atoms with Crippen LogP contribution in [0.4, 0.5) is 4.39 Å². The lowest BCUT2D eigenvalue weighted by molar-refractivity contribution is 0.621. The lowest BCUT2D eigenvalue weighted by Gasteiger charge is -2.08. The Morgan fingerprint density at radius 1 is 1.47 bits per heavy atom. The highest BCUT2D eigenvalue weighted by Crippen LogP contribution is 2.21. The van der Waals surface area contributed by atoms with Crippen LogP contribution >= 0.6 is 11.6 Å². The molecule has 4 nitrogen and oxygen atoms in total. The van der Waals surface area contributed by atoms with Crippen molar-refractivity contribution in [2.45, 2.75) is 13.5 Å². The molecule has 0 bridgehead atoms. The molecule has 2 aromatic rings. The maximum Gasteiger partial charge on any atom is 0.125 e. The summed E-state index contributed by atoms with van der Waals surface area (Å²) in [5.41, 5.74) is 1.33. The SMILES string of the molecule is CCNCc1cnnn1-c1cc(F)ccc1Cl. The second-order valence-corrected chi connectivity index (χ2v) is 3.92. The summed E-state index contributed by atoms with van der Waals surface area (Å²) in [4.78, 5) is 0. The second-order valence-electron chi connectivity index (χ2n) is 3.51. The normalized spacial score (nSPS) is 10.8. The maximum atomic E-state index is 13.2. The molecule has 0 aliphatic heterocycles. The van der Waals surface area contributed by atoms with Gasteiger partial charge in [0.05, 0.1) is 22.6 Å². The van der Waals surface area contributed by atoms with Crippen LogP contribution in [-0.4, -0.2) is 21.5 Å². The minimum atomic E-state index is -0.352. The zero-order valence-corrected chi connectivity index (χ0v) is 10.1. The molecule has 2 rings (SSSR count). The lowest BCUT2D eigenvalue weighted by atomic mass is 10.3. The molecule has 1 aromatic carbocycles. The Hall–Kier alpha value is -1.46. The predicted molar refractivity (Wildman–Crippen MR) is 63.7 cm³/mol. The van der Waals surface area contributed by atoms with Gasteiger partial charge in [0.25, 0.3) is 0 Å². The lowest BCUT2D eigenvalue weighted by Crippen LogP contribution is -2.15. The zero-order chi connectivity index (χ0) is 12.3. The van der Waals surface area contributed by atoms with E-state index in [9.17, 15) is 4.39 Å². The van der Waals surface area contributed by atoms with Gasteiger partial charge < -0.3 is 5.32 Å². The summed E-state index contributed by atoms with van der Waals surface area (Å²) < 4.78 is 14.7. The van der Waals surface area contributed by atoms with Gasteiger partial charge in [0.15, 0.2) is 0 Å². The van der Waals surface area contributed by atoms with Crippen molar-refractivity contribution in [3.63, 3.8) is 0 Å². The van der Waals surface area contributed by atoms with Crippen molar-refractivity contribution >= 4 is 11.6 Å². The fourth-order valence-corrected chi connectivity index (χ4v) is 1.68. The van der Waals surface area contributed by atoms with Gasteiger partial charge in [0.2, 0.25) is 0 Å². The van der Waals surface area contributed by atoms with Crippen LogP contribution in [-0.2, 0) is 6.54 Å². The standard InChI is InChI=1S/C11H12ClFN4/c1-2-14-6-9-7-15-16-17(9)11-5-8(13)3-4-10(11)12/h3-5,7,14H,2,6H2,1H3. The van der Waals surface area contributed by atoms with Crippen LogP contribution in [0.15, 0.2) is 24.4 Å². The molecule has 0 spiro atoms. The highest BCUT2D eigenvalue weighted by Gasteiger charge is 2.10. The Labute approximate surface area is 103 Å². The largest absolute Gasteiger partial charge is 0.311 e. The van der Waals surface area contributed by atoms with Gasteiger partial charge in [-0.3, -0.25) is 0 Å². The molecule has 0 radical (unpaired) electrons. The van der Waals surface area contributed by atoms with Gasteiger partial charge in [-0.2, -0.15) is 0 Å². The van der Waals surface area contributed by atoms with Crippen LogP contribution in [0.2, 0.25) is 5.02 Å². The minimum Gasteiger partial charge on any atom is -0.311 e. The molecule has 0 saturated heterocycles. The maximum absolute atomic E-state index is 13.2. The van der Waals surface area contributed by atoms with E-state index in [4.69, 9.17) is 11.6 Å². The number of nitrogens with zero attached hydrogens (tertiary/aromatic N) is 3. The number of benzene rings is 1. The Balaban J connectivity index is 2.38. The molecule has 0 atom stereocenters. The van der Waals surface area contributed by atoms with E-state index in [-0.39, 0.29) is 5.82 Å². The van der Waals surface area contributed by atoms with Crippen LogP contribution in [0, 0.1) is 5.82 Å². The molecule has 0 fully saturated rings. The Kier molecular flexibility index (Phi) is 3.71. The van der Waals surface area contributed by atoms with Gasteiger partial charge in [-0.1, -0.05) is 23.7 Å². The van der Waals surface area contributed by atoms with Crippen LogP contribution in [0.5, 0.6) is 0 Å². The second kappa shape index (κ2) is 5.25. The molecule has 6 heteroatoms. The molecule has 0 saturated carbocycles. The fourth-order valence-electron chi connectivity index (χ4n) is 1.48. The summed E-state index contributed by atoms with van der Waals surface area (Å²) in [6.45, 7) is 3.45. The molecule has 1 heterocycles. The van der Waals surface area contributed by atoms with Gasteiger partial charge in [0.1, 0.15) is 5.82 Å². The molecule has 0 amide bonds. The summed E-state index contributed by atoms with van der Waals surface area (Å²) in [5, 5.41) is 11.3. The molecule has 0 aliphatic rings. The number of halogens is 2. The van der Waals surface area contributed by atoms with Crippen LogP contribution < -0.4 is 5.32 Å². The van der Waals surface area contributed by atoms with Crippen molar-refractivity contribution in [1.82, 2.24) is 20.3 Å². The first-order valence-electron chi connectivity index (χ1n) is 5.28. The summed E-state index contributed by atoms with van der Waals surface area (Å²) >= 11 is 6.02. The Morgan fingerprint density at radius 3 is 3.06 bits per heavy atom. The van der Waals surface area contributed by atoms with Gasteiger partial charge >= 0.3 is 0 Å².